The highest BCUT2D eigenvalue weighted by atomic mass is 35.5. The van der Waals surface area contributed by atoms with Crippen LogP contribution in [0.5, 0.6) is 0 Å². The van der Waals surface area contributed by atoms with Crippen LogP contribution in [-0.2, 0) is 4.79 Å². The Hall–Kier alpha value is -2.04. The van der Waals surface area contributed by atoms with Crippen LogP contribution in [-0.4, -0.2) is 23.4 Å². The molecule has 118 valence electrons. The number of fused-ring (bicyclic) bond motifs is 1. The highest BCUT2D eigenvalue weighted by Gasteiger charge is 2.44. The van der Waals surface area contributed by atoms with Gasteiger partial charge in [-0.1, -0.05) is 41.9 Å². The van der Waals surface area contributed by atoms with Crippen molar-refractivity contribution in [3.05, 3.63) is 65.2 Å². The Labute approximate surface area is 140 Å². The Kier molecular flexibility index (Phi) is 3.71. The van der Waals surface area contributed by atoms with Crippen molar-refractivity contribution in [3.8, 4) is 0 Å². The molecule has 23 heavy (non-hydrogen) atoms. The Balaban J connectivity index is 1.78. The number of benzene rings is 2. The maximum Gasteiger partial charge on any atom is 0.255 e. The van der Waals surface area contributed by atoms with Gasteiger partial charge in [-0.25, -0.2) is 0 Å². The van der Waals surface area contributed by atoms with Crippen molar-refractivity contribution in [2.75, 3.05) is 11.6 Å². The molecule has 2 aromatic carbocycles. The van der Waals surface area contributed by atoms with E-state index < -0.39 is 0 Å². The van der Waals surface area contributed by atoms with Crippen molar-refractivity contribution in [2.45, 2.75) is 25.0 Å². The van der Waals surface area contributed by atoms with Gasteiger partial charge in [-0.3, -0.25) is 20.1 Å². The Morgan fingerprint density at radius 3 is 2.52 bits per heavy atom. The van der Waals surface area contributed by atoms with E-state index >= 15 is 0 Å². The molecule has 0 radical (unpaired) electrons. The minimum atomic E-state index is -0.0457. The van der Waals surface area contributed by atoms with Gasteiger partial charge in [0.15, 0.2) is 0 Å². The number of hydrazine groups is 1. The Morgan fingerprint density at radius 1 is 1.04 bits per heavy atom. The fourth-order valence-electron chi connectivity index (χ4n) is 3.54. The summed E-state index contributed by atoms with van der Waals surface area (Å²) in [4.78, 5) is 14.8. The molecule has 1 N–H and O–H groups in total. The smallest absolute Gasteiger partial charge is 0.255 e. The van der Waals surface area contributed by atoms with Crippen molar-refractivity contribution in [1.82, 2.24) is 10.3 Å². The molecular formula is C18H18ClN3O. The zero-order valence-electron chi connectivity index (χ0n) is 12.7. The van der Waals surface area contributed by atoms with Gasteiger partial charge in [0.2, 0.25) is 0 Å². The molecule has 1 unspecified atom stereocenters. The number of para-hydroxylation sites is 1. The third-order valence-electron chi connectivity index (χ3n) is 4.59. The average molecular weight is 328 g/mol. The number of carbonyl (C=O) groups is 1. The number of anilines is 1. The van der Waals surface area contributed by atoms with Gasteiger partial charge in [-0.15, -0.1) is 0 Å². The summed E-state index contributed by atoms with van der Waals surface area (Å²) >= 11 is 6.04. The molecule has 2 saturated heterocycles. The van der Waals surface area contributed by atoms with Crippen molar-refractivity contribution < 1.29 is 4.79 Å². The second-order valence-corrected chi connectivity index (χ2v) is 6.44. The molecule has 2 aliphatic rings. The predicted octanol–water partition coefficient (Wildman–Crippen LogP) is 3.35. The summed E-state index contributed by atoms with van der Waals surface area (Å²) in [5.74, 6) is 0.0802. The monoisotopic (exact) mass is 327 g/mol. The third kappa shape index (κ3) is 2.58. The predicted molar refractivity (Wildman–Crippen MR) is 91.0 cm³/mol. The van der Waals surface area contributed by atoms with Crippen LogP contribution in [0.1, 0.15) is 24.6 Å². The molecule has 2 heterocycles. The molecule has 2 aliphatic heterocycles. The largest absolute Gasteiger partial charge is 0.271 e. The molecule has 5 heteroatoms. The van der Waals surface area contributed by atoms with Crippen molar-refractivity contribution in [3.63, 3.8) is 0 Å². The van der Waals surface area contributed by atoms with E-state index in [1.165, 1.54) is 0 Å². The lowest BCUT2D eigenvalue weighted by molar-refractivity contribution is -0.130. The van der Waals surface area contributed by atoms with Crippen LogP contribution >= 0.6 is 11.6 Å². The van der Waals surface area contributed by atoms with E-state index in [1.807, 2.05) is 59.6 Å². The standard InChI is InChI=1S/C18H18ClN3O/c19-14-10-8-13(9-11-14)18-21-12-4-7-16(21)17(23)20-22(18)15-5-2-1-3-6-15/h1-3,5-6,8-11,16,18H,4,7,12H2,(H,20,23)/t16-,18?/m0/s1. The lowest BCUT2D eigenvalue weighted by Crippen LogP contribution is -2.62. The first-order valence-electron chi connectivity index (χ1n) is 7.90. The second-order valence-electron chi connectivity index (χ2n) is 6.00. The van der Waals surface area contributed by atoms with Gasteiger partial charge in [-0.05, 0) is 42.7 Å². The summed E-state index contributed by atoms with van der Waals surface area (Å²) in [7, 11) is 0. The lowest BCUT2D eigenvalue weighted by atomic mass is 10.1. The number of nitrogens with one attached hydrogen (secondary N) is 1. The van der Waals surface area contributed by atoms with Crippen LogP contribution < -0.4 is 10.4 Å². The summed E-state index contributed by atoms with van der Waals surface area (Å²) < 4.78 is 0. The van der Waals surface area contributed by atoms with Gasteiger partial charge >= 0.3 is 0 Å². The van der Waals surface area contributed by atoms with Crippen molar-refractivity contribution >= 4 is 23.2 Å². The number of amides is 1. The fourth-order valence-corrected chi connectivity index (χ4v) is 3.66. The molecule has 1 amide bonds. The molecule has 2 fully saturated rings. The number of hydrogen-bond donors (Lipinski definition) is 1. The topological polar surface area (TPSA) is 35.6 Å². The van der Waals surface area contributed by atoms with E-state index in [9.17, 15) is 4.79 Å². The Morgan fingerprint density at radius 2 is 1.78 bits per heavy atom. The first kappa shape index (κ1) is 14.5. The van der Waals surface area contributed by atoms with Crippen LogP contribution in [0.25, 0.3) is 0 Å². The number of hydrogen-bond acceptors (Lipinski definition) is 3. The first-order valence-corrected chi connectivity index (χ1v) is 8.28. The van der Waals surface area contributed by atoms with Crippen LogP contribution in [0.15, 0.2) is 54.6 Å². The van der Waals surface area contributed by atoms with Gasteiger partial charge in [0.1, 0.15) is 6.17 Å². The average Bonchev–Trinajstić information content (AvgIpc) is 3.07. The van der Waals surface area contributed by atoms with E-state index in [1.54, 1.807) is 0 Å². The molecule has 0 aliphatic carbocycles. The summed E-state index contributed by atoms with van der Waals surface area (Å²) in [6.45, 7) is 0.925. The quantitative estimate of drug-likeness (QED) is 0.918. The SMILES string of the molecule is O=C1NN(c2ccccc2)C(c2ccc(Cl)cc2)N2CCC[C@@H]12. The van der Waals surface area contributed by atoms with Crippen LogP contribution in [0, 0.1) is 0 Å². The van der Waals surface area contributed by atoms with Crippen molar-refractivity contribution in [1.29, 1.82) is 0 Å². The maximum atomic E-state index is 12.5. The highest BCUT2D eigenvalue weighted by Crippen LogP contribution is 2.37. The summed E-state index contributed by atoms with van der Waals surface area (Å²) in [5, 5.41) is 2.69. The van der Waals surface area contributed by atoms with Crippen LogP contribution in [0.2, 0.25) is 5.02 Å². The summed E-state index contributed by atoms with van der Waals surface area (Å²) in [6.07, 6.45) is 1.95. The number of carbonyl (C=O) groups excluding carboxylic acids is 1. The van der Waals surface area contributed by atoms with Gasteiger partial charge in [0, 0.05) is 11.6 Å². The van der Waals surface area contributed by atoms with Gasteiger partial charge < -0.3 is 0 Å². The third-order valence-corrected chi connectivity index (χ3v) is 4.84. The molecule has 4 nitrogen and oxygen atoms in total. The Bertz CT molecular complexity index is 704. The summed E-state index contributed by atoms with van der Waals surface area (Å²) in [6, 6.07) is 17.8. The van der Waals surface area contributed by atoms with Gasteiger partial charge in [0.25, 0.3) is 5.91 Å². The minimum absolute atomic E-state index is 0.0140. The molecule has 0 aromatic heterocycles. The number of rotatable bonds is 2. The van der Waals surface area contributed by atoms with Gasteiger partial charge in [-0.2, -0.15) is 0 Å². The van der Waals surface area contributed by atoms with Crippen LogP contribution in [0.3, 0.4) is 0 Å². The second kappa shape index (κ2) is 5.87. The van der Waals surface area contributed by atoms with E-state index in [0.29, 0.717) is 0 Å². The molecule has 0 spiro atoms. The normalized spacial score (nSPS) is 24.4. The molecule has 2 aromatic rings. The van der Waals surface area contributed by atoms with E-state index in [-0.39, 0.29) is 18.1 Å². The van der Waals surface area contributed by atoms with Crippen LogP contribution in [0.4, 0.5) is 5.69 Å². The van der Waals surface area contributed by atoms with Gasteiger partial charge in [0.05, 0.1) is 11.7 Å². The highest BCUT2D eigenvalue weighted by molar-refractivity contribution is 6.30. The minimum Gasteiger partial charge on any atom is -0.271 e. The zero-order valence-corrected chi connectivity index (χ0v) is 13.4. The molecule has 0 saturated carbocycles. The van der Waals surface area contributed by atoms with Crippen molar-refractivity contribution in [2.24, 2.45) is 0 Å². The number of halogens is 1. The molecular weight excluding hydrogens is 310 g/mol. The van der Waals surface area contributed by atoms with E-state index in [0.717, 1.165) is 35.7 Å². The molecule has 4 rings (SSSR count). The number of nitrogens with zero attached hydrogens (tertiary/aromatic N) is 2. The first-order chi connectivity index (χ1) is 11.2. The van der Waals surface area contributed by atoms with E-state index in [2.05, 4.69) is 10.3 Å². The molecule has 2 atom stereocenters. The lowest BCUT2D eigenvalue weighted by Gasteiger charge is -2.46. The fraction of sp³-hybridized carbons (Fsp3) is 0.278. The summed E-state index contributed by atoms with van der Waals surface area (Å²) in [5.41, 5.74) is 5.19. The van der Waals surface area contributed by atoms with E-state index in [4.69, 9.17) is 11.6 Å². The zero-order chi connectivity index (χ0) is 15.8. The maximum absolute atomic E-state index is 12.5. The molecule has 0 bridgehead atoms.